The van der Waals surface area contributed by atoms with Crippen molar-refractivity contribution in [3.63, 3.8) is 0 Å². The molecule has 0 bridgehead atoms. The molecule has 1 aromatic carbocycles. The highest BCUT2D eigenvalue weighted by Gasteiger charge is 2.25. The van der Waals surface area contributed by atoms with Gasteiger partial charge in [-0.2, -0.15) is 4.39 Å². The number of allylic oxidation sites excluding steroid dienone is 4. The molecule has 0 heterocycles. The maximum absolute atomic E-state index is 14.4. The van der Waals surface area contributed by atoms with Crippen LogP contribution in [0.15, 0.2) is 35.9 Å². The quantitative estimate of drug-likeness (QED) is 0.434. The van der Waals surface area contributed by atoms with Crippen LogP contribution in [-0.4, -0.2) is 6.61 Å². The molecule has 2 aliphatic carbocycles. The van der Waals surface area contributed by atoms with Crippen molar-refractivity contribution in [2.24, 2.45) is 11.8 Å². The van der Waals surface area contributed by atoms with Gasteiger partial charge in [-0.25, -0.2) is 4.39 Å². The van der Waals surface area contributed by atoms with Crippen molar-refractivity contribution in [2.75, 3.05) is 6.61 Å². The van der Waals surface area contributed by atoms with E-state index in [1.807, 2.05) is 0 Å². The number of benzene rings is 1. The minimum atomic E-state index is -0.840. The monoisotopic (exact) mass is 388 g/mol. The smallest absolute Gasteiger partial charge is 0.200 e. The molecule has 1 aromatic rings. The number of halogens is 2. The van der Waals surface area contributed by atoms with E-state index in [-0.39, 0.29) is 11.7 Å². The van der Waals surface area contributed by atoms with E-state index in [2.05, 4.69) is 25.2 Å². The van der Waals surface area contributed by atoms with E-state index in [9.17, 15) is 8.78 Å². The highest BCUT2D eigenvalue weighted by molar-refractivity contribution is 5.33. The zero-order chi connectivity index (χ0) is 19.9. The molecular weight excluding hydrogens is 354 g/mol. The second kappa shape index (κ2) is 10.2. The van der Waals surface area contributed by atoms with Crippen molar-refractivity contribution in [1.29, 1.82) is 0 Å². The van der Waals surface area contributed by atoms with Gasteiger partial charge in [-0.3, -0.25) is 0 Å². The molecule has 0 spiro atoms. The van der Waals surface area contributed by atoms with Gasteiger partial charge in [0, 0.05) is 0 Å². The summed E-state index contributed by atoms with van der Waals surface area (Å²) in [7, 11) is 0. The molecule has 3 heteroatoms. The molecule has 2 aliphatic rings. The van der Waals surface area contributed by atoms with Crippen LogP contribution in [-0.2, 0) is 0 Å². The lowest BCUT2D eigenvalue weighted by molar-refractivity contribution is 0.310. The molecule has 0 amide bonds. The predicted molar refractivity (Wildman–Crippen MR) is 112 cm³/mol. The Hall–Kier alpha value is -1.64. The highest BCUT2D eigenvalue weighted by Crippen LogP contribution is 2.39. The Balaban J connectivity index is 1.46. The largest absolute Gasteiger partial charge is 0.491 e. The number of hydrogen-bond donors (Lipinski definition) is 0. The molecule has 1 unspecified atom stereocenters. The van der Waals surface area contributed by atoms with Crippen molar-refractivity contribution < 1.29 is 13.5 Å². The molecule has 1 nitrogen and oxygen atoms in total. The molecule has 0 N–H and O–H groups in total. The fraction of sp³-hybridized carbons (Fsp3) is 0.600. The summed E-state index contributed by atoms with van der Waals surface area (Å²) >= 11 is 0. The standard InChI is InChI=1S/C25H34F2O/c1-3-28-23-17-16-22(24(26)25(23)27)21-14-12-20(13-15-21)7-5-4-6-19-10-8-18(2)9-11-19/h5,7,10,16-18,20-21H,3-4,6,8-9,11-15H2,1-2H3. The van der Waals surface area contributed by atoms with E-state index >= 15 is 0 Å². The molecule has 0 aliphatic heterocycles. The summed E-state index contributed by atoms with van der Waals surface area (Å²) < 4.78 is 33.7. The van der Waals surface area contributed by atoms with E-state index in [0.717, 1.165) is 38.0 Å². The summed E-state index contributed by atoms with van der Waals surface area (Å²) in [5, 5.41) is 0. The fourth-order valence-corrected chi connectivity index (χ4v) is 4.56. The molecule has 3 rings (SSSR count). The lowest BCUT2D eigenvalue weighted by atomic mass is 9.78. The zero-order valence-corrected chi connectivity index (χ0v) is 17.4. The Morgan fingerprint density at radius 1 is 1.07 bits per heavy atom. The molecule has 1 saturated carbocycles. The van der Waals surface area contributed by atoms with Crippen LogP contribution < -0.4 is 4.74 Å². The second-order valence-corrected chi connectivity index (χ2v) is 8.53. The predicted octanol–water partition coefficient (Wildman–Crippen LogP) is 7.72. The molecule has 0 radical (unpaired) electrons. The number of rotatable bonds is 7. The molecule has 154 valence electrons. The third-order valence-electron chi connectivity index (χ3n) is 6.40. The van der Waals surface area contributed by atoms with Gasteiger partial charge in [0.2, 0.25) is 5.82 Å². The zero-order valence-electron chi connectivity index (χ0n) is 17.4. The van der Waals surface area contributed by atoms with Gasteiger partial charge in [-0.15, -0.1) is 0 Å². The fourth-order valence-electron chi connectivity index (χ4n) is 4.56. The normalized spacial score (nSPS) is 25.7. The van der Waals surface area contributed by atoms with Gasteiger partial charge in [0.15, 0.2) is 11.6 Å². The van der Waals surface area contributed by atoms with Crippen molar-refractivity contribution >= 4 is 0 Å². The molecule has 0 aromatic heterocycles. The SMILES string of the molecule is CCOc1ccc(C2CCC(C=CCCC3=CCC(C)CC3)CC2)c(F)c1F. The molecule has 28 heavy (non-hydrogen) atoms. The van der Waals surface area contributed by atoms with E-state index in [0.29, 0.717) is 18.1 Å². The van der Waals surface area contributed by atoms with Gasteiger partial charge in [-0.05, 0) is 94.1 Å². The average molecular weight is 389 g/mol. The van der Waals surface area contributed by atoms with Crippen LogP contribution >= 0.6 is 0 Å². The molecule has 0 saturated heterocycles. The Kier molecular flexibility index (Phi) is 7.70. The summed E-state index contributed by atoms with van der Waals surface area (Å²) in [5.41, 5.74) is 2.14. The van der Waals surface area contributed by atoms with Crippen molar-refractivity contribution in [3.8, 4) is 5.75 Å². The maximum atomic E-state index is 14.4. The van der Waals surface area contributed by atoms with Gasteiger partial charge in [-0.1, -0.05) is 36.8 Å². The maximum Gasteiger partial charge on any atom is 0.200 e. The van der Waals surface area contributed by atoms with E-state index in [4.69, 9.17) is 4.74 Å². The van der Waals surface area contributed by atoms with Gasteiger partial charge in [0.1, 0.15) is 0 Å². The minimum Gasteiger partial charge on any atom is -0.491 e. The van der Waals surface area contributed by atoms with Crippen LogP contribution in [0.2, 0.25) is 0 Å². The lowest BCUT2D eigenvalue weighted by Gasteiger charge is -2.27. The van der Waals surface area contributed by atoms with E-state index in [1.165, 1.54) is 25.7 Å². The number of hydrogen-bond acceptors (Lipinski definition) is 1. The summed E-state index contributed by atoms with van der Waals surface area (Å²) in [6.45, 7) is 4.44. The first-order chi connectivity index (χ1) is 13.6. The van der Waals surface area contributed by atoms with E-state index in [1.54, 1.807) is 24.6 Å². The Bertz CT molecular complexity index is 699. The first kappa shape index (κ1) is 21.1. The molecule has 1 atom stereocenters. The summed E-state index contributed by atoms with van der Waals surface area (Å²) in [6.07, 6.45) is 17.2. The van der Waals surface area contributed by atoms with Gasteiger partial charge < -0.3 is 4.74 Å². The van der Waals surface area contributed by atoms with Crippen LogP contribution in [0, 0.1) is 23.5 Å². The van der Waals surface area contributed by atoms with E-state index < -0.39 is 11.6 Å². The van der Waals surface area contributed by atoms with Crippen LogP contribution in [0.25, 0.3) is 0 Å². The average Bonchev–Trinajstić information content (AvgIpc) is 2.71. The molecular formula is C25H34F2O. The molecule has 1 fully saturated rings. The Morgan fingerprint density at radius 2 is 1.86 bits per heavy atom. The minimum absolute atomic E-state index is 0.0166. The summed E-state index contributed by atoms with van der Waals surface area (Å²) in [6, 6.07) is 3.28. The third kappa shape index (κ3) is 5.46. The Labute approximate surface area is 168 Å². The third-order valence-corrected chi connectivity index (χ3v) is 6.40. The summed E-state index contributed by atoms with van der Waals surface area (Å²) in [4.78, 5) is 0. The van der Waals surface area contributed by atoms with Gasteiger partial charge in [0.25, 0.3) is 0 Å². The van der Waals surface area contributed by atoms with Gasteiger partial charge in [0.05, 0.1) is 6.61 Å². The number of ether oxygens (including phenoxy) is 1. The van der Waals surface area contributed by atoms with Crippen molar-refractivity contribution in [2.45, 2.75) is 77.6 Å². The van der Waals surface area contributed by atoms with Crippen molar-refractivity contribution in [1.82, 2.24) is 0 Å². The van der Waals surface area contributed by atoms with Gasteiger partial charge >= 0.3 is 0 Å². The lowest BCUT2D eigenvalue weighted by Crippen LogP contribution is -2.14. The first-order valence-corrected chi connectivity index (χ1v) is 11.0. The summed E-state index contributed by atoms with van der Waals surface area (Å²) in [5.74, 6) is -0.00436. The Morgan fingerprint density at radius 3 is 2.54 bits per heavy atom. The first-order valence-electron chi connectivity index (χ1n) is 11.0. The second-order valence-electron chi connectivity index (χ2n) is 8.53. The highest BCUT2D eigenvalue weighted by atomic mass is 19.2. The van der Waals surface area contributed by atoms with Crippen LogP contribution in [0.1, 0.15) is 83.1 Å². The van der Waals surface area contributed by atoms with Crippen LogP contribution in [0.5, 0.6) is 5.75 Å². The van der Waals surface area contributed by atoms with Crippen LogP contribution in [0.4, 0.5) is 8.78 Å². The topological polar surface area (TPSA) is 9.23 Å². The van der Waals surface area contributed by atoms with Crippen molar-refractivity contribution in [3.05, 3.63) is 53.1 Å². The van der Waals surface area contributed by atoms with Crippen LogP contribution in [0.3, 0.4) is 0 Å².